The second kappa shape index (κ2) is 5.17. The second-order valence-electron chi connectivity index (χ2n) is 4.25. The highest BCUT2D eigenvalue weighted by Crippen LogP contribution is 2.27. The molecular formula is C14H12N2O4S. The van der Waals surface area contributed by atoms with E-state index in [0.29, 0.717) is 10.7 Å². The van der Waals surface area contributed by atoms with E-state index in [1.807, 2.05) is 6.07 Å². The van der Waals surface area contributed by atoms with E-state index < -0.39 is 5.97 Å². The van der Waals surface area contributed by atoms with Crippen molar-refractivity contribution in [2.24, 2.45) is 0 Å². The average molecular weight is 304 g/mol. The van der Waals surface area contributed by atoms with Gasteiger partial charge in [0.1, 0.15) is 5.75 Å². The molecule has 108 valence electrons. The maximum atomic E-state index is 12.2. The lowest BCUT2D eigenvalue weighted by Crippen LogP contribution is -2.17. The second-order valence-corrected chi connectivity index (χ2v) is 5.26. The van der Waals surface area contributed by atoms with Crippen molar-refractivity contribution in [1.29, 1.82) is 0 Å². The molecule has 6 nitrogen and oxygen atoms in total. The Morgan fingerprint density at radius 3 is 2.90 bits per heavy atom. The van der Waals surface area contributed by atoms with Crippen LogP contribution in [0.4, 0.5) is 0 Å². The minimum atomic E-state index is -0.591. The van der Waals surface area contributed by atoms with Crippen molar-refractivity contribution in [3.05, 3.63) is 40.3 Å². The van der Waals surface area contributed by atoms with Crippen LogP contribution < -0.4 is 10.3 Å². The molecule has 0 aliphatic rings. The SMILES string of the molecule is CCOC(=O)c1cc(=O)n2c(n1)sc1cc(OC)ccc12. The number of nitrogens with zero attached hydrogens (tertiary/aromatic N) is 2. The number of thiazole rings is 1. The van der Waals surface area contributed by atoms with Crippen LogP contribution in [-0.4, -0.2) is 29.1 Å². The largest absolute Gasteiger partial charge is 0.497 e. The van der Waals surface area contributed by atoms with E-state index in [1.54, 1.807) is 26.2 Å². The molecule has 0 saturated heterocycles. The highest BCUT2D eigenvalue weighted by atomic mass is 32.1. The summed E-state index contributed by atoms with van der Waals surface area (Å²) >= 11 is 1.32. The molecule has 0 fully saturated rings. The third kappa shape index (κ3) is 2.25. The predicted molar refractivity (Wildman–Crippen MR) is 79.4 cm³/mol. The molecule has 2 aromatic heterocycles. The molecule has 0 atom stereocenters. The van der Waals surface area contributed by atoms with Crippen molar-refractivity contribution in [2.45, 2.75) is 6.92 Å². The quantitative estimate of drug-likeness (QED) is 0.693. The first-order valence-corrected chi connectivity index (χ1v) is 7.13. The van der Waals surface area contributed by atoms with Crippen molar-refractivity contribution in [3.63, 3.8) is 0 Å². The summed E-state index contributed by atoms with van der Waals surface area (Å²) in [4.78, 5) is 28.6. The fraction of sp³-hybridized carbons (Fsp3) is 0.214. The number of hydrogen-bond acceptors (Lipinski definition) is 6. The Morgan fingerprint density at radius 2 is 2.19 bits per heavy atom. The van der Waals surface area contributed by atoms with E-state index >= 15 is 0 Å². The maximum absolute atomic E-state index is 12.2. The summed E-state index contributed by atoms with van der Waals surface area (Å²) in [6, 6.07) is 6.60. The van der Waals surface area contributed by atoms with E-state index in [2.05, 4.69) is 4.98 Å². The fourth-order valence-electron chi connectivity index (χ4n) is 2.05. The van der Waals surface area contributed by atoms with Crippen LogP contribution >= 0.6 is 11.3 Å². The van der Waals surface area contributed by atoms with E-state index in [9.17, 15) is 9.59 Å². The normalized spacial score (nSPS) is 11.0. The van der Waals surface area contributed by atoms with Crippen molar-refractivity contribution in [1.82, 2.24) is 9.38 Å². The van der Waals surface area contributed by atoms with Crippen LogP contribution in [0.5, 0.6) is 5.75 Å². The lowest BCUT2D eigenvalue weighted by molar-refractivity contribution is 0.0519. The van der Waals surface area contributed by atoms with Gasteiger partial charge in [0.05, 0.1) is 23.9 Å². The molecule has 0 N–H and O–H groups in total. The molecular weight excluding hydrogens is 292 g/mol. The number of rotatable bonds is 3. The molecule has 0 unspecified atom stereocenters. The van der Waals surface area contributed by atoms with Gasteiger partial charge in [0, 0.05) is 6.07 Å². The van der Waals surface area contributed by atoms with Gasteiger partial charge in [-0.3, -0.25) is 9.20 Å². The zero-order valence-corrected chi connectivity index (χ0v) is 12.3. The van der Waals surface area contributed by atoms with Crippen LogP contribution in [0, 0.1) is 0 Å². The van der Waals surface area contributed by atoms with Gasteiger partial charge in [-0.1, -0.05) is 11.3 Å². The number of ether oxygens (including phenoxy) is 2. The van der Waals surface area contributed by atoms with Gasteiger partial charge in [-0.05, 0) is 25.1 Å². The molecule has 2 heterocycles. The van der Waals surface area contributed by atoms with Crippen molar-refractivity contribution in [2.75, 3.05) is 13.7 Å². The van der Waals surface area contributed by atoms with E-state index in [0.717, 1.165) is 10.2 Å². The third-order valence-electron chi connectivity index (χ3n) is 2.98. The fourth-order valence-corrected chi connectivity index (χ4v) is 3.11. The summed E-state index contributed by atoms with van der Waals surface area (Å²) in [7, 11) is 1.58. The Kier molecular flexibility index (Phi) is 3.34. The Labute approximate surface area is 123 Å². The number of carbonyl (C=O) groups is 1. The summed E-state index contributed by atoms with van der Waals surface area (Å²) < 4.78 is 12.4. The molecule has 0 aliphatic carbocycles. The molecule has 3 rings (SSSR count). The van der Waals surface area contributed by atoms with E-state index in [-0.39, 0.29) is 17.9 Å². The van der Waals surface area contributed by atoms with Crippen LogP contribution in [-0.2, 0) is 4.74 Å². The van der Waals surface area contributed by atoms with Gasteiger partial charge in [0.15, 0.2) is 10.7 Å². The van der Waals surface area contributed by atoms with Gasteiger partial charge in [-0.25, -0.2) is 9.78 Å². The lowest BCUT2D eigenvalue weighted by atomic mass is 10.3. The maximum Gasteiger partial charge on any atom is 0.357 e. The molecule has 0 aliphatic heterocycles. The minimum absolute atomic E-state index is 0.0281. The molecule has 3 aromatic rings. The Hall–Kier alpha value is -2.41. The van der Waals surface area contributed by atoms with Crippen molar-refractivity contribution < 1.29 is 14.3 Å². The molecule has 7 heteroatoms. The third-order valence-corrected chi connectivity index (χ3v) is 3.98. The van der Waals surface area contributed by atoms with Gasteiger partial charge < -0.3 is 9.47 Å². The molecule has 0 amide bonds. The van der Waals surface area contributed by atoms with Crippen LogP contribution in [0.15, 0.2) is 29.1 Å². The van der Waals surface area contributed by atoms with Gasteiger partial charge in [0.2, 0.25) is 0 Å². The highest BCUT2D eigenvalue weighted by molar-refractivity contribution is 7.23. The molecule has 0 bridgehead atoms. The molecule has 0 saturated carbocycles. The predicted octanol–water partition coefficient (Wildman–Crippen LogP) is 2.09. The van der Waals surface area contributed by atoms with Crippen LogP contribution in [0.1, 0.15) is 17.4 Å². The Bertz CT molecular complexity index is 897. The van der Waals surface area contributed by atoms with Crippen molar-refractivity contribution in [3.8, 4) is 5.75 Å². The monoisotopic (exact) mass is 304 g/mol. The van der Waals surface area contributed by atoms with E-state index in [1.165, 1.54) is 21.8 Å². The molecule has 0 spiro atoms. The number of hydrogen-bond donors (Lipinski definition) is 0. The zero-order valence-electron chi connectivity index (χ0n) is 11.5. The zero-order chi connectivity index (χ0) is 15.0. The Balaban J connectivity index is 2.26. The highest BCUT2D eigenvalue weighted by Gasteiger charge is 2.15. The smallest absolute Gasteiger partial charge is 0.357 e. The van der Waals surface area contributed by atoms with Gasteiger partial charge in [0.25, 0.3) is 5.56 Å². The number of esters is 1. The van der Waals surface area contributed by atoms with Crippen LogP contribution in [0.25, 0.3) is 15.2 Å². The molecule has 0 radical (unpaired) electrons. The first-order chi connectivity index (χ1) is 10.1. The minimum Gasteiger partial charge on any atom is -0.497 e. The summed E-state index contributed by atoms with van der Waals surface area (Å²) in [6.07, 6.45) is 0. The average Bonchev–Trinajstić information content (AvgIpc) is 2.84. The van der Waals surface area contributed by atoms with Gasteiger partial charge in [-0.2, -0.15) is 0 Å². The number of benzene rings is 1. The first kappa shape index (κ1) is 13.6. The summed E-state index contributed by atoms with van der Waals surface area (Å²) in [5, 5.41) is 0. The number of methoxy groups -OCH3 is 1. The number of fused-ring (bicyclic) bond motifs is 3. The van der Waals surface area contributed by atoms with Gasteiger partial charge in [-0.15, -0.1) is 0 Å². The lowest BCUT2D eigenvalue weighted by Gasteiger charge is -2.01. The molecule has 21 heavy (non-hydrogen) atoms. The van der Waals surface area contributed by atoms with Crippen LogP contribution in [0.3, 0.4) is 0 Å². The van der Waals surface area contributed by atoms with Gasteiger partial charge >= 0.3 is 5.97 Å². The first-order valence-electron chi connectivity index (χ1n) is 6.31. The standard InChI is InChI=1S/C14H12N2O4S/c1-3-20-13(18)9-7-12(17)16-10-5-4-8(19-2)6-11(10)21-14(16)15-9/h4-7H,3H2,1-2H3. The van der Waals surface area contributed by atoms with E-state index in [4.69, 9.17) is 9.47 Å². The number of carbonyl (C=O) groups excluding carboxylic acids is 1. The number of aromatic nitrogens is 2. The summed E-state index contributed by atoms with van der Waals surface area (Å²) in [6.45, 7) is 1.94. The summed E-state index contributed by atoms with van der Waals surface area (Å²) in [5.41, 5.74) is 0.462. The molecule has 1 aromatic carbocycles. The summed E-state index contributed by atoms with van der Waals surface area (Å²) in [5.74, 6) is 0.111. The van der Waals surface area contributed by atoms with Crippen molar-refractivity contribution >= 4 is 32.5 Å². The van der Waals surface area contributed by atoms with Crippen LogP contribution in [0.2, 0.25) is 0 Å². The Morgan fingerprint density at radius 1 is 1.38 bits per heavy atom. The topological polar surface area (TPSA) is 69.9 Å².